The Balaban J connectivity index is 1.88. The van der Waals surface area contributed by atoms with E-state index in [2.05, 4.69) is 24.3 Å². The van der Waals surface area contributed by atoms with Gasteiger partial charge in [-0.1, -0.05) is 0 Å². The Morgan fingerprint density at radius 1 is 1.43 bits per heavy atom. The Morgan fingerprint density at radius 2 is 2.17 bits per heavy atom. The van der Waals surface area contributed by atoms with Gasteiger partial charge in [0.25, 0.3) is 0 Å². The van der Waals surface area contributed by atoms with Crippen molar-refractivity contribution in [2.45, 2.75) is 46.4 Å². The highest BCUT2D eigenvalue weighted by Gasteiger charge is 2.20. The molecule has 0 aliphatic carbocycles. The zero-order valence-corrected chi connectivity index (χ0v) is 14.8. The molecule has 23 heavy (non-hydrogen) atoms. The summed E-state index contributed by atoms with van der Waals surface area (Å²) in [6.07, 6.45) is -0.0494. The summed E-state index contributed by atoms with van der Waals surface area (Å²) < 4.78 is 12.9. The number of carbonyl (C=O) groups excluding carboxylic acids is 1. The van der Waals surface area contributed by atoms with E-state index in [4.69, 9.17) is 9.47 Å². The maximum atomic E-state index is 12.2. The molecular weight excluding hydrogens is 296 g/mol. The predicted octanol–water partition coefficient (Wildman–Crippen LogP) is 1.64. The third kappa shape index (κ3) is 4.45. The number of carbonyl (C=O) groups is 1. The van der Waals surface area contributed by atoms with Crippen LogP contribution < -0.4 is 5.32 Å². The Bertz CT molecular complexity index is 536. The van der Waals surface area contributed by atoms with E-state index < -0.39 is 0 Å². The van der Waals surface area contributed by atoms with Crippen LogP contribution in [0.2, 0.25) is 0 Å². The van der Waals surface area contributed by atoms with Gasteiger partial charge < -0.3 is 19.7 Å². The van der Waals surface area contributed by atoms with Crippen LogP contribution in [0.15, 0.2) is 0 Å². The topological polar surface area (TPSA) is 68.6 Å². The van der Waals surface area contributed by atoms with Crippen LogP contribution in [-0.4, -0.2) is 60.2 Å². The van der Waals surface area contributed by atoms with E-state index in [1.165, 1.54) is 0 Å². The van der Waals surface area contributed by atoms with E-state index in [0.717, 1.165) is 17.0 Å². The summed E-state index contributed by atoms with van der Waals surface area (Å²) in [7, 11) is 1.77. The maximum absolute atomic E-state index is 12.2. The first-order chi connectivity index (χ1) is 10.9. The largest absolute Gasteiger partial charge is 0.376 e. The Morgan fingerprint density at radius 3 is 2.74 bits per heavy atom. The second-order valence-electron chi connectivity index (χ2n) is 6.29. The van der Waals surface area contributed by atoms with Crippen molar-refractivity contribution in [3.63, 3.8) is 0 Å². The number of urea groups is 1. The van der Waals surface area contributed by atoms with Crippen LogP contribution >= 0.6 is 0 Å². The fourth-order valence-corrected chi connectivity index (χ4v) is 2.78. The van der Waals surface area contributed by atoms with Crippen LogP contribution in [0.4, 0.5) is 4.79 Å². The summed E-state index contributed by atoms with van der Waals surface area (Å²) in [6, 6.07) is 0.194. The Kier molecular flexibility index (Phi) is 6.01. The highest BCUT2D eigenvalue weighted by molar-refractivity contribution is 5.73. The lowest BCUT2D eigenvalue weighted by Gasteiger charge is -2.27. The predicted molar refractivity (Wildman–Crippen MR) is 87.5 cm³/mol. The third-order valence-electron chi connectivity index (χ3n) is 4.09. The molecule has 2 rings (SSSR count). The second-order valence-corrected chi connectivity index (χ2v) is 6.29. The normalized spacial score (nSPS) is 18.3. The summed E-state index contributed by atoms with van der Waals surface area (Å²) in [6.45, 7) is 11.0. The van der Waals surface area contributed by atoms with Crippen molar-refractivity contribution in [2.75, 3.05) is 33.4 Å². The zero-order chi connectivity index (χ0) is 17.0. The molecule has 1 atom stereocenters. The van der Waals surface area contributed by atoms with Gasteiger partial charge in [0.05, 0.1) is 38.2 Å². The molecule has 130 valence electrons. The number of ether oxygens (including phenoxy) is 2. The number of aromatic nitrogens is 2. The number of nitrogens with zero attached hydrogens (tertiary/aromatic N) is 3. The molecule has 7 heteroatoms. The fraction of sp³-hybridized carbons (Fsp3) is 0.750. The number of likely N-dealkylation sites (N-methyl/N-ethyl adjacent to an activating group) is 1. The van der Waals surface area contributed by atoms with Crippen LogP contribution in [0.1, 0.15) is 36.8 Å². The van der Waals surface area contributed by atoms with Gasteiger partial charge >= 0.3 is 6.03 Å². The van der Waals surface area contributed by atoms with E-state index in [1.54, 1.807) is 11.9 Å². The highest BCUT2D eigenvalue weighted by atomic mass is 16.6. The zero-order valence-electron chi connectivity index (χ0n) is 14.8. The standard InChI is InChI=1S/C16H28N4O3/c1-11(2)20-13(4)15(12(3)18-20)8-17-16(21)19(5)9-14-10-22-6-7-23-14/h11,14H,6-10H2,1-5H3,(H,17,21)/t14-/m0/s1. The molecule has 0 saturated carbocycles. The van der Waals surface area contributed by atoms with Crippen LogP contribution in [0, 0.1) is 13.8 Å². The smallest absolute Gasteiger partial charge is 0.317 e. The second kappa shape index (κ2) is 7.79. The van der Waals surface area contributed by atoms with E-state index in [1.807, 2.05) is 18.5 Å². The van der Waals surface area contributed by atoms with Gasteiger partial charge in [-0.05, 0) is 27.7 Å². The van der Waals surface area contributed by atoms with Gasteiger partial charge in [0, 0.05) is 30.9 Å². The van der Waals surface area contributed by atoms with Gasteiger partial charge in [-0.2, -0.15) is 5.10 Å². The molecule has 7 nitrogen and oxygen atoms in total. The first-order valence-electron chi connectivity index (χ1n) is 8.13. The SMILES string of the molecule is Cc1nn(C(C)C)c(C)c1CNC(=O)N(C)C[C@H]1COCCO1. The van der Waals surface area contributed by atoms with Crippen molar-refractivity contribution in [2.24, 2.45) is 0 Å². The van der Waals surface area contributed by atoms with Crippen LogP contribution in [0.5, 0.6) is 0 Å². The third-order valence-corrected chi connectivity index (χ3v) is 4.09. The van der Waals surface area contributed by atoms with Crippen molar-refractivity contribution in [1.29, 1.82) is 0 Å². The minimum absolute atomic E-state index is 0.0494. The average Bonchev–Trinajstić information content (AvgIpc) is 2.81. The molecule has 0 unspecified atom stereocenters. The van der Waals surface area contributed by atoms with E-state index in [0.29, 0.717) is 39.0 Å². The monoisotopic (exact) mass is 324 g/mol. The molecule has 1 fully saturated rings. The molecule has 1 aliphatic rings. The molecule has 0 bridgehead atoms. The lowest BCUT2D eigenvalue weighted by atomic mass is 10.2. The van der Waals surface area contributed by atoms with E-state index >= 15 is 0 Å². The molecule has 1 N–H and O–H groups in total. The van der Waals surface area contributed by atoms with Crippen molar-refractivity contribution in [3.8, 4) is 0 Å². The number of rotatable bonds is 5. The molecule has 2 amide bonds. The Labute approximate surface area is 137 Å². The number of hydrogen-bond donors (Lipinski definition) is 1. The lowest BCUT2D eigenvalue weighted by Crippen LogP contribution is -2.44. The molecule has 1 aromatic heterocycles. The molecule has 0 radical (unpaired) electrons. The summed E-state index contributed by atoms with van der Waals surface area (Å²) in [5.41, 5.74) is 3.14. The summed E-state index contributed by atoms with van der Waals surface area (Å²) in [5.74, 6) is 0. The van der Waals surface area contributed by atoms with Crippen LogP contribution in [0.25, 0.3) is 0 Å². The number of aryl methyl sites for hydroxylation is 1. The fourth-order valence-electron chi connectivity index (χ4n) is 2.78. The van der Waals surface area contributed by atoms with E-state index in [-0.39, 0.29) is 12.1 Å². The van der Waals surface area contributed by atoms with Crippen molar-refractivity contribution < 1.29 is 14.3 Å². The minimum Gasteiger partial charge on any atom is -0.376 e. The minimum atomic E-state index is -0.115. The van der Waals surface area contributed by atoms with E-state index in [9.17, 15) is 4.79 Å². The molecule has 1 saturated heterocycles. The van der Waals surface area contributed by atoms with Crippen molar-refractivity contribution in [1.82, 2.24) is 20.0 Å². The number of hydrogen-bond acceptors (Lipinski definition) is 4. The molecular formula is C16H28N4O3. The molecule has 1 aliphatic heterocycles. The van der Waals surface area contributed by atoms with Gasteiger partial charge in [-0.25, -0.2) is 4.79 Å². The van der Waals surface area contributed by atoms with Crippen molar-refractivity contribution in [3.05, 3.63) is 17.0 Å². The first-order valence-corrected chi connectivity index (χ1v) is 8.13. The highest BCUT2D eigenvalue weighted by Crippen LogP contribution is 2.17. The lowest BCUT2D eigenvalue weighted by molar-refractivity contribution is -0.0928. The van der Waals surface area contributed by atoms with Crippen molar-refractivity contribution >= 4 is 6.03 Å². The van der Waals surface area contributed by atoms with Gasteiger partial charge in [-0.3, -0.25) is 4.68 Å². The molecule has 1 aromatic rings. The summed E-state index contributed by atoms with van der Waals surface area (Å²) >= 11 is 0. The summed E-state index contributed by atoms with van der Waals surface area (Å²) in [5, 5.41) is 7.50. The van der Waals surface area contributed by atoms with Gasteiger partial charge in [0.2, 0.25) is 0 Å². The summed E-state index contributed by atoms with van der Waals surface area (Å²) in [4.78, 5) is 13.9. The number of nitrogens with one attached hydrogen (secondary N) is 1. The average molecular weight is 324 g/mol. The first kappa shape index (κ1) is 17.7. The van der Waals surface area contributed by atoms with Crippen LogP contribution in [0.3, 0.4) is 0 Å². The number of amides is 2. The molecule has 0 spiro atoms. The molecule has 2 heterocycles. The maximum Gasteiger partial charge on any atom is 0.317 e. The molecule has 0 aromatic carbocycles. The van der Waals surface area contributed by atoms with Gasteiger partial charge in [0.1, 0.15) is 0 Å². The quantitative estimate of drug-likeness (QED) is 0.894. The van der Waals surface area contributed by atoms with Crippen LogP contribution in [-0.2, 0) is 16.0 Å². The van der Waals surface area contributed by atoms with Gasteiger partial charge in [-0.15, -0.1) is 0 Å². The Hall–Kier alpha value is -1.60. The van der Waals surface area contributed by atoms with Gasteiger partial charge in [0.15, 0.2) is 0 Å².